The van der Waals surface area contributed by atoms with Crippen LogP contribution < -0.4 is 15.5 Å². The zero-order valence-corrected chi connectivity index (χ0v) is 18.7. The summed E-state index contributed by atoms with van der Waals surface area (Å²) >= 11 is 0. The Morgan fingerprint density at radius 2 is 1.76 bits per heavy atom. The van der Waals surface area contributed by atoms with Crippen LogP contribution in [0.25, 0.3) is 0 Å². The third kappa shape index (κ3) is 4.34. The number of amides is 3. The molecule has 3 amide bonds. The fourth-order valence-corrected chi connectivity index (χ4v) is 4.51. The number of carbonyl (C=O) groups is 3. The summed E-state index contributed by atoms with van der Waals surface area (Å²) < 4.78 is 34.8. The van der Waals surface area contributed by atoms with Crippen LogP contribution in [0.3, 0.4) is 0 Å². The number of ether oxygens (including phenoxy) is 1. The standard InChI is InChI=1S/C25H25F2N3O4/c1-25(8-9-25)14-2-4-15(5-3-14)28-24(33)34-17-12-30(13-17)16-10-19(26)22(20(27)11-16)18-6-7-21(31)29-23(18)32/h2-5,10-11,17-18H,6-9,12-13H2,1H3,(H,28,33)(H,29,31,32). The number of anilines is 2. The summed E-state index contributed by atoms with van der Waals surface area (Å²) in [6, 6.07) is 10.1. The van der Waals surface area contributed by atoms with Crippen LogP contribution >= 0.6 is 0 Å². The highest BCUT2D eigenvalue weighted by Crippen LogP contribution is 2.47. The molecule has 1 unspecified atom stereocenters. The fraction of sp³-hybridized carbons (Fsp3) is 0.400. The van der Waals surface area contributed by atoms with Crippen molar-refractivity contribution in [2.45, 2.75) is 50.0 Å². The predicted octanol–water partition coefficient (Wildman–Crippen LogP) is 3.97. The van der Waals surface area contributed by atoms with Crippen molar-refractivity contribution in [3.63, 3.8) is 0 Å². The molecule has 0 aromatic heterocycles. The van der Waals surface area contributed by atoms with Crippen LogP contribution in [-0.4, -0.2) is 37.1 Å². The molecule has 2 heterocycles. The maximum Gasteiger partial charge on any atom is 0.412 e. The van der Waals surface area contributed by atoms with E-state index in [2.05, 4.69) is 17.6 Å². The first kappa shape index (κ1) is 22.3. The van der Waals surface area contributed by atoms with Crippen molar-refractivity contribution in [1.82, 2.24) is 5.32 Å². The molecule has 0 bridgehead atoms. The van der Waals surface area contributed by atoms with Crippen LogP contribution in [0.4, 0.5) is 25.0 Å². The van der Waals surface area contributed by atoms with Crippen molar-refractivity contribution in [3.05, 3.63) is 59.2 Å². The Balaban J connectivity index is 1.15. The highest BCUT2D eigenvalue weighted by molar-refractivity contribution is 6.01. The number of rotatable bonds is 5. The summed E-state index contributed by atoms with van der Waals surface area (Å²) in [5.74, 6) is -3.85. The molecule has 2 aromatic rings. The molecule has 0 radical (unpaired) electrons. The number of nitrogens with one attached hydrogen (secondary N) is 2. The molecule has 178 valence electrons. The van der Waals surface area contributed by atoms with Crippen molar-refractivity contribution in [2.75, 3.05) is 23.3 Å². The highest BCUT2D eigenvalue weighted by Gasteiger charge is 2.39. The molecule has 2 aliphatic heterocycles. The first-order valence-electron chi connectivity index (χ1n) is 11.4. The average molecular weight is 469 g/mol. The van der Waals surface area contributed by atoms with E-state index in [-0.39, 0.29) is 23.8 Å². The molecule has 1 atom stereocenters. The Kier molecular flexibility index (Phi) is 5.50. The van der Waals surface area contributed by atoms with Gasteiger partial charge in [0.05, 0.1) is 19.0 Å². The third-order valence-corrected chi connectivity index (χ3v) is 6.97. The minimum Gasteiger partial charge on any atom is -0.442 e. The summed E-state index contributed by atoms with van der Waals surface area (Å²) in [6.07, 6.45) is 1.45. The minimum atomic E-state index is -1.04. The van der Waals surface area contributed by atoms with Gasteiger partial charge in [0.15, 0.2) is 0 Å². The molecular formula is C25H25F2N3O4. The number of imide groups is 1. The van der Waals surface area contributed by atoms with Crippen molar-refractivity contribution in [1.29, 1.82) is 0 Å². The van der Waals surface area contributed by atoms with Gasteiger partial charge in [-0.3, -0.25) is 20.2 Å². The number of halogens is 2. The highest BCUT2D eigenvalue weighted by atomic mass is 19.1. The Morgan fingerprint density at radius 1 is 1.12 bits per heavy atom. The van der Waals surface area contributed by atoms with Gasteiger partial charge >= 0.3 is 6.09 Å². The number of hydrogen-bond donors (Lipinski definition) is 2. The molecule has 5 rings (SSSR count). The molecule has 1 saturated carbocycles. The second-order valence-corrected chi connectivity index (χ2v) is 9.52. The van der Waals surface area contributed by atoms with Gasteiger partial charge < -0.3 is 9.64 Å². The van der Waals surface area contributed by atoms with Crippen molar-refractivity contribution < 1.29 is 27.9 Å². The Labute approximate surface area is 195 Å². The van der Waals surface area contributed by atoms with E-state index in [1.807, 2.05) is 24.3 Å². The van der Waals surface area contributed by atoms with Gasteiger partial charge in [-0.25, -0.2) is 13.6 Å². The minimum absolute atomic E-state index is 0.0355. The summed E-state index contributed by atoms with van der Waals surface area (Å²) in [6.45, 7) is 2.80. The van der Waals surface area contributed by atoms with Gasteiger partial charge in [-0.15, -0.1) is 0 Å². The van der Waals surface area contributed by atoms with Gasteiger partial charge in [-0.1, -0.05) is 19.1 Å². The summed E-state index contributed by atoms with van der Waals surface area (Å²) in [5, 5.41) is 4.82. The van der Waals surface area contributed by atoms with Crippen LogP contribution in [-0.2, 0) is 19.7 Å². The third-order valence-electron chi connectivity index (χ3n) is 6.97. The first-order chi connectivity index (χ1) is 16.2. The SMILES string of the molecule is CC1(c2ccc(NC(=O)OC3CN(c4cc(F)c(C5CCC(=O)NC5=O)c(F)c4)C3)cc2)CC1. The van der Waals surface area contributed by atoms with Crippen LogP contribution in [0.1, 0.15) is 49.7 Å². The van der Waals surface area contributed by atoms with Crippen LogP contribution in [0.15, 0.2) is 36.4 Å². The van der Waals surface area contributed by atoms with Gasteiger partial charge in [0.1, 0.15) is 17.7 Å². The van der Waals surface area contributed by atoms with Crippen molar-refractivity contribution >= 4 is 29.3 Å². The second-order valence-electron chi connectivity index (χ2n) is 9.52. The monoisotopic (exact) mass is 469 g/mol. The molecular weight excluding hydrogens is 444 g/mol. The van der Waals surface area contributed by atoms with Gasteiger partial charge in [-0.2, -0.15) is 0 Å². The smallest absolute Gasteiger partial charge is 0.412 e. The van der Waals surface area contributed by atoms with Crippen LogP contribution in [0, 0.1) is 11.6 Å². The molecule has 7 nitrogen and oxygen atoms in total. The molecule has 2 N–H and O–H groups in total. The molecule has 9 heteroatoms. The topological polar surface area (TPSA) is 87.7 Å². The Morgan fingerprint density at radius 3 is 2.35 bits per heavy atom. The van der Waals surface area contributed by atoms with E-state index in [1.54, 1.807) is 4.90 Å². The predicted molar refractivity (Wildman–Crippen MR) is 121 cm³/mol. The molecule has 0 spiro atoms. The Bertz CT molecular complexity index is 1130. The first-order valence-corrected chi connectivity index (χ1v) is 11.4. The average Bonchev–Trinajstić information content (AvgIpc) is 3.50. The summed E-state index contributed by atoms with van der Waals surface area (Å²) in [4.78, 5) is 37.2. The van der Waals surface area contributed by atoms with E-state index in [0.717, 1.165) is 0 Å². The number of benzene rings is 2. The lowest BCUT2D eigenvalue weighted by molar-refractivity contribution is -0.134. The molecule has 1 aliphatic carbocycles. The molecule has 2 aromatic carbocycles. The lowest BCUT2D eigenvalue weighted by Crippen LogP contribution is -2.53. The van der Waals surface area contributed by atoms with E-state index in [0.29, 0.717) is 24.5 Å². The molecule has 3 aliphatic rings. The van der Waals surface area contributed by atoms with Crippen LogP contribution in [0.5, 0.6) is 0 Å². The lowest BCUT2D eigenvalue weighted by atomic mass is 9.89. The molecule has 34 heavy (non-hydrogen) atoms. The quantitative estimate of drug-likeness (QED) is 0.647. The largest absolute Gasteiger partial charge is 0.442 e. The maximum atomic E-state index is 14.7. The molecule has 2 saturated heterocycles. The summed E-state index contributed by atoms with van der Waals surface area (Å²) in [7, 11) is 0. The number of carbonyl (C=O) groups excluding carboxylic acids is 3. The number of piperidine rings is 1. The zero-order chi connectivity index (χ0) is 24.0. The fourth-order valence-electron chi connectivity index (χ4n) is 4.51. The maximum absolute atomic E-state index is 14.7. The number of hydrogen-bond acceptors (Lipinski definition) is 5. The van der Waals surface area contributed by atoms with E-state index < -0.39 is 41.6 Å². The van der Waals surface area contributed by atoms with E-state index in [1.165, 1.54) is 30.5 Å². The normalized spacial score (nSPS) is 21.5. The summed E-state index contributed by atoms with van der Waals surface area (Å²) in [5.41, 5.74) is 2.12. The Hall–Kier alpha value is -3.49. The van der Waals surface area contributed by atoms with Gasteiger partial charge in [0.25, 0.3) is 0 Å². The van der Waals surface area contributed by atoms with Gasteiger partial charge in [-0.05, 0) is 54.5 Å². The molecule has 3 fully saturated rings. The van der Waals surface area contributed by atoms with Crippen molar-refractivity contribution in [3.8, 4) is 0 Å². The van der Waals surface area contributed by atoms with E-state index in [4.69, 9.17) is 4.74 Å². The number of nitrogens with zero attached hydrogens (tertiary/aromatic N) is 1. The van der Waals surface area contributed by atoms with Gasteiger partial charge in [0.2, 0.25) is 11.8 Å². The second kappa shape index (κ2) is 8.38. The van der Waals surface area contributed by atoms with Crippen LogP contribution in [0.2, 0.25) is 0 Å². The lowest BCUT2D eigenvalue weighted by Gasteiger charge is -2.40. The van der Waals surface area contributed by atoms with Gasteiger partial charge in [0, 0.05) is 23.4 Å². The van der Waals surface area contributed by atoms with E-state index >= 15 is 0 Å². The van der Waals surface area contributed by atoms with E-state index in [9.17, 15) is 23.2 Å². The zero-order valence-electron chi connectivity index (χ0n) is 18.7. The van der Waals surface area contributed by atoms with Crippen molar-refractivity contribution in [2.24, 2.45) is 0 Å².